The summed E-state index contributed by atoms with van der Waals surface area (Å²) in [6.07, 6.45) is -1.13. The number of fused-ring (bicyclic) bond motifs is 1. The number of nitrogens with zero attached hydrogens (tertiary/aromatic N) is 3. The number of para-hydroxylation sites is 1. The van der Waals surface area contributed by atoms with E-state index in [2.05, 4.69) is 29.7 Å². The van der Waals surface area contributed by atoms with E-state index in [1.54, 1.807) is 24.3 Å². The van der Waals surface area contributed by atoms with Crippen molar-refractivity contribution in [2.24, 2.45) is 0 Å². The molecule has 0 fully saturated rings. The van der Waals surface area contributed by atoms with Gasteiger partial charge in [-0.15, -0.1) is 8.78 Å². The zero-order chi connectivity index (χ0) is 20.6. The highest BCUT2D eigenvalue weighted by Crippen LogP contribution is 2.46. The average molecular weight is 419 g/mol. The van der Waals surface area contributed by atoms with Crippen LogP contribution in [0.25, 0.3) is 11.4 Å². The van der Waals surface area contributed by atoms with E-state index in [1.807, 2.05) is 0 Å². The molecule has 1 aromatic heterocycles. The number of hydrogen-bond donors (Lipinski definition) is 2. The summed E-state index contributed by atoms with van der Waals surface area (Å²) in [6, 6.07) is 11.4. The quantitative estimate of drug-likeness (QED) is 0.647. The van der Waals surface area contributed by atoms with Crippen molar-refractivity contribution < 1.29 is 22.5 Å². The number of ether oxygens (including phenoxy) is 2. The van der Waals surface area contributed by atoms with Crippen LogP contribution in [-0.4, -0.2) is 31.7 Å². The van der Waals surface area contributed by atoms with Crippen molar-refractivity contribution in [2.75, 3.05) is 11.6 Å². The summed E-state index contributed by atoms with van der Waals surface area (Å²) in [6.45, 7) is 0. The molecule has 4 rings (SSSR count). The summed E-state index contributed by atoms with van der Waals surface area (Å²) in [5.41, 5.74) is 1.58. The highest BCUT2D eigenvalue weighted by molar-refractivity contribution is 7.90. The number of alkyl halides is 2. The number of nitrogens with one attached hydrogen (secondary N) is 2. The van der Waals surface area contributed by atoms with Gasteiger partial charge >= 0.3 is 6.29 Å². The highest BCUT2D eigenvalue weighted by Gasteiger charge is 2.44. The van der Waals surface area contributed by atoms with Crippen LogP contribution in [0.4, 0.5) is 20.4 Å². The number of benzene rings is 2. The van der Waals surface area contributed by atoms with Crippen molar-refractivity contribution in [3.05, 3.63) is 54.4 Å². The Bertz CT molecular complexity index is 1190. The average Bonchev–Trinajstić information content (AvgIpc) is 2.94. The molecule has 0 saturated heterocycles. The topological polar surface area (TPSA) is 110 Å². The first-order chi connectivity index (χ1) is 13.7. The van der Waals surface area contributed by atoms with Gasteiger partial charge < -0.3 is 14.8 Å². The number of halogens is 2. The SMILES string of the molecule is CS(=N)(=O)Cc1cccc(Nc2ncnc(-c3cccc4c3OC(F)(F)O4)n2)c1. The standard InChI is InChI=1S/C18H15F2N5O3S/c1-29(21,26)9-11-4-2-5-12(8-11)24-17-23-10-22-16(25-17)13-6-3-7-14-15(13)28-18(19,20)27-14/h2-8,10,21H,9H2,1H3,(H,22,23,24,25). The van der Waals surface area contributed by atoms with Crippen LogP contribution in [0.15, 0.2) is 48.8 Å². The predicted molar refractivity (Wildman–Crippen MR) is 102 cm³/mol. The monoisotopic (exact) mass is 419 g/mol. The van der Waals surface area contributed by atoms with Gasteiger partial charge in [0.05, 0.1) is 11.3 Å². The molecule has 0 bridgehead atoms. The zero-order valence-corrected chi connectivity index (χ0v) is 15.9. The molecule has 1 atom stereocenters. The van der Waals surface area contributed by atoms with Gasteiger partial charge in [-0.3, -0.25) is 4.78 Å². The molecule has 29 heavy (non-hydrogen) atoms. The highest BCUT2D eigenvalue weighted by atomic mass is 32.2. The summed E-state index contributed by atoms with van der Waals surface area (Å²) in [7, 11) is -2.68. The fourth-order valence-electron chi connectivity index (χ4n) is 2.82. The number of anilines is 2. The van der Waals surface area contributed by atoms with E-state index < -0.39 is 16.0 Å². The van der Waals surface area contributed by atoms with Crippen LogP contribution in [0, 0.1) is 4.78 Å². The van der Waals surface area contributed by atoms with Crippen molar-refractivity contribution >= 4 is 21.4 Å². The second kappa shape index (κ2) is 6.92. The van der Waals surface area contributed by atoms with E-state index in [0.29, 0.717) is 5.69 Å². The van der Waals surface area contributed by atoms with Crippen LogP contribution < -0.4 is 14.8 Å². The van der Waals surface area contributed by atoms with E-state index in [1.165, 1.54) is 30.8 Å². The van der Waals surface area contributed by atoms with E-state index in [4.69, 9.17) is 4.78 Å². The molecule has 0 saturated carbocycles. The van der Waals surface area contributed by atoms with Crippen molar-refractivity contribution in [3.8, 4) is 22.9 Å². The van der Waals surface area contributed by atoms with Gasteiger partial charge in [-0.1, -0.05) is 18.2 Å². The maximum Gasteiger partial charge on any atom is 0.586 e. The summed E-state index contributed by atoms with van der Waals surface area (Å²) in [4.78, 5) is 12.3. The van der Waals surface area contributed by atoms with Crippen LogP contribution >= 0.6 is 0 Å². The largest absolute Gasteiger partial charge is 0.586 e. The maximum absolute atomic E-state index is 13.4. The third kappa shape index (κ3) is 4.40. The Balaban J connectivity index is 1.62. The van der Waals surface area contributed by atoms with Gasteiger partial charge in [0.2, 0.25) is 5.95 Å². The smallest absolute Gasteiger partial charge is 0.395 e. The summed E-state index contributed by atoms with van der Waals surface area (Å²) < 4.78 is 55.1. The molecule has 2 aromatic carbocycles. The molecule has 150 valence electrons. The summed E-state index contributed by atoms with van der Waals surface area (Å²) in [5.74, 6) is 0.170. The number of hydrogen-bond acceptors (Lipinski definition) is 8. The molecular formula is C18H15F2N5O3S. The maximum atomic E-state index is 13.4. The van der Waals surface area contributed by atoms with Crippen molar-refractivity contribution in [3.63, 3.8) is 0 Å². The van der Waals surface area contributed by atoms with Crippen LogP contribution in [0.5, 0.6) is 11.5 Å². The lowest BCUT2D eigenvalue weighted by Gasteiger charge is -2.09. The molecule has 3 aromatic rings. The van der Waals surface area contributed by atoms with Crippen LogP contribution in [0.2, 0.25) is 0 Å². The Labute approximate surface area is 164 Å². The fraction of sp³-hybridized carbons (Fsp3) is 0.167. The fourth-order valence-corrected chi connectivity index (χ4v) is 3.63. The first-order valence-electron chi connectivity index (χ1n) is 8.34. The first-order valence-corrected chi connectivity index (χ1v) is 10.5. The lowest BCUT2D eigenvalue weighted by atomic mass is 10.2. The Morgan fingerprint density at radius 3 is 2.76 bits per heavy atom. The molecule has 8 nitrogen and oxygen atoms in total. The lowest BCUT2D eigenvalue weighted by molar-refractivity contribution is -0.286. The van der Waals surface area contributed by atoms with Gasteiger partial charge in [-0.05, 0) is 29.8 Å². The molecule has 11 heteroatoms. The molecule has 0 radical (unpaired) electrons. The Kier molecular flexibility index (Phi) is 4.53. The minimum Gasteiger partial charge on any atom is -0.395 e. The first kappa shape index (κ1) is 19.0. The molecule has 0 aliphatic carbocycles. The molecule has 1 aliphatic heterocycles. The van der Waals surface area contributed by atoms with Gasteiger partial charge in [0.15, 0.2) is 17.3 Å². The van der Waals surface area contributed by atoms with E-state index in [0.717, 1.165) is 5.56 Å². The second-order valence-electron chi connectivity index (χ2n) is 6.41. The third-order valence-corrected chi connectivity index (χ3v) is 4.75. The number of rotatable bonds is 5. The van der Waals surface area contributed by atoms with Crippen LogP contribution in [-0.2, 0) is 15.5 Å². The van der Waals surface area contributed by atoms with Crippen molar-refractivity contribution in [2.45, 2.75) is 12.0 Å². The molecule has 2 N–H and O–H groups in total. The molecule has 0 spiro atoms. The van der Waals surface area contributed by atoms with Gasteiger partial charge in [0.1, 0.15) is 6.33 Å². The summed E-state index contributed by atoms with van der Waals surface area (Å²) in [5, 5.41) is 2.99. The van der Waals surface area contributed by atoms with Crippen LogP contribution in [0.1, 0.15) is 5.56 Å². The van der Waals surface area contributed by atoms with Crippen LogP contribution in [0.3, 0.4) is 0 Å². The van der Waals surface area contributed by atoms with Gasteiger partial charge in [0.25, 0.3) is 0 Å². The molecule has 1 unspecified atom stereocenters. The predicted octanol–water partition coefficient (Wildman–Crippen LogP) is 3.78. The van der Waals surface area contributed by atoms with E-state index in [-0.39, 0.29) is 34.6 Å². The second-order valence-corrected chi connectivity index (χ2v) is 8.71. The van der Waals surface area contributed by atoms with Gasteiger partial charge in [-0.25, -0.2) is 14.2 Å². The van der Waals surface area contributed by atoms with E-state index in [9.17, 15) is 13.0 Å². The van der Waals surface area contributed by atoms with Crippen molar-refractivity contribution in [1.82, 2.24) is 15.0 Å². The normalized spacial score (nSPS) is 16.2. The van der Waals surface area contributed by atoms with Crippen molar-refractivity contribution in [1.29, 1.82) is 4.78 Å². The molecule has 0 amide bonds. The van der Waals surface area contributed by atoms with Gasteiger partial charge in [0, 0.05) is 21.7 Å². The zero-order valence-electron chi connectivity index (χ0n) is 15.1. The molecule has 1 aliphatic rings. The van der Waals surface area contributed by atoms with E-state index >= 15 is 0 Å². The number of aromatic nitrogens is 3. The minimum atomic E-state index is -3.75. The summed E-state index contributed by atoms with van der Waals surface area (Å²) >= 11 is 0. The lowest BCUT2D eigenvalue weighted by Crippen LogP contribution is -2.26. The molecule has 2 heterocycles. The third-order valence-electron chi connectivity index (χ3n) is 3.87. The Hall–Kier alpha value is -3.34. The molecular weight excluding hydrogens is 404 g/mol. The minimum absolute atomic E-state index is 0.103. The Morgan fingerprint density at radius 2 is 1.97 bits per heavy atom. The van der Waals surface area contributed by atoms with Gasteiger partial charge in [-0.2, -0.15) is 4.98 Å². The Morgan fingerprint density at radius 1 is 1.17 bits per heavy atom.